The van der Waals surface area contributed by atoms with Crippen LogP contribution in [0.4, 0.5) is 0 Å². The fraction of sp³-hybridized carbons (Fsp3) is 0.846. The summed E-state index contributed by atoms with van der Waals surface area (Å²) in [5.74, 6) is 0.359. The average molecular weight is 256 g/mol. The van der Waals surface area contributed by atoms with Crippen LogP contribution in [0.15, 0.2) is 0 Å². The number of hydrogen-bond donors (Lipinski definition) is 1. The summed E-state index contributed by atoms with van der Waals surface area (Å²) in [5, 5.41) is 0. The molecule has 0 aromatic carbocycles. The summed E-state index contributed by atoms with van der Waals surface area (Å²) in [4.78, 5) is 25.1. The molecule has 1 unspecified atom stereocenters. The summed E-state index contributed by atoms with van der Waals surface area (Å²) >= 11 is 0. The van der Waals surface area contributed by atoms with Gasteiger partial charge in [0.15, 0.2) is 6.04 Å². The molecule has 0 radical (unpaired) electrons. The number of nitrogens with zero attached hydrogens (tertiary/aromatic N) is 1. The second kappa shape index (κ2) is 6.73. The zero-order valence-electron chi connectivity index (χ0n) is 11.5. The van der Waals surface area contributed by atoms with Crippen molar-refractivity contribution in [2.24, 2.45) is 17.6 Å². The Hall–Kier alpha value is -1.10. The van der Waals surface area contributed by atoms with Gasteiger partial charge >= 0.3 is 5.97 Å². The number of rotatable bonds is 4. The van der Waals surface area contributed by atoms with Crippen molar-refractivity contribution in [2.75, 3.05) is 19.7 Å². The van der Waals surface area contributed by atoms with E-state index in [0.29, 0.717) is 24.9 Å². The molecule has 18 heavy (non-hydrogen) atoms. The van der Waals surface area contributed by atoms with Crippen molar-refractivity contribution in [1.82, 2.24) is 4.90 Å². The summed E-state index contributed by atoms with van der Waals surface area (Å²) in [6, 6.07) is -1.17. The lowest BCUT2D eigenvalue weighted by Crippen LogP contribution is -2.51. The predicted molar refractivity (Wildman–Crippen MR) is 68.8 cm³/mol. The van der Waals surface area contributed by atoms with Crippen molar-refractivity contribution in [3.05, 3.63) is 0 Å². The number of amides is 1. The Morgan fingerprint density at radius 1 is 1.33 bits per heavy atom. The molecule has 0 saturated carbocycles. The topological polar surface area (TPSA) is 72.6 Å². The third-order valence-electron chi connectivity index (χ3n) is 3.60. The third-order valence-corrected chi connectivity index (χ3v) is 3.60. The Labute approximate surface area is 109 Å². The highest BCUT2D eigenvalue weighted by atomic mass is 16.5. The largest absolute Gasteiger partial charge is 0.464 e. The number of ether oxygens (including phenoxy) is 1. The molecule has 1 heterocycles. The van der Waals surface area contributed by atoms with E-state index in [1.165, 1.54) is 0 Å². The van der Waals surface area contributed by atoms with Crippen LogP contribution in [0.25, 0.3) is 0 Å². The summed E-state index contributed by atoms with van der Waals surface area (Å²) in [5.41, 5.74) is 5.61. The minimum atomic E-state index is -1.17. The molecule has 0 aromatic heterocycles. The normalized spacial score (nSPS) is 18.8. The molecule has 0 spiro atoms. The Morgan fingerprint density at radius 2 is 1.89 bits per heavy atom. The molecule has 1 aliphatic heterocycles. The van der Waals surface area contributed by atoms with Gasteiger partial charge in [-0.05, 0) is 31.6 Å². The standard InChI is InChI=1S/C13H24N2O3/c1-4-18-13(17)11(14)12(16)15-7-5-10(6-8-15)9(2)3/h9-11H,4-8,14H2,1-3H3. The highest BCUT2D eigenvalue weighted by Gasteiger charge is 2.31. The molecule has 0 aliphatic carbocycles. The molecular weight excluding hydrogens is 232 g/mol. The molecule has 1 aliphatic rings. The van der Waals surface area contributed by atoms with E-state index in [1.807, 2.05) is 0 Å². The first-order chi connectivity index (χ1) is 8.47. The summed E-state index contributed by atoms with van der Waals surface area (Å²) in [7, 11) is 0. The van der Waals surface area contributed by atoms with Crippen LogP contribution in [0.5, 0.6) is 0 Å². The molecule has 1 fully saturated rings. The Balaban J connectivity index is 2.47. The van der Waals surface area contributed by atoms with Crippen LogP contribution < -0.4 is 5.73 Å². The van der Waals surface area contributed by atoms with Crippen LogP contribution in [-0.2, 0) is 14.3 Å². The molecule has 5 heteroatoms. The van der Waals surface area contributed by atoms with E-state index in [0.717, 1.165) is 12.8 Å². The van der Waals surface area contributed by atoms with E-state index >= 15 is 0 Å². The number of carbonyl (C=O) groups is 2. The predicted octanol–water partition coefficient (Wildman–Crippen LogP) is 0.771. The van der Waals surface area contributed by atoms with E-state index in [2.05, 4.69) is 13.8 Å². The third kappa shape index (κ3) is 3.70. The van der Waals surface area contributed by atoms with E-state index in [9.17, 15) is 9.59 Å². The Kier molecular flexibility index (Phi) is 5.59. The maximum Gasteiger partial charge on any atom is 0.332 e. The zero-order chi connectivity index (χ0) is 13.7. The average Bonchev–Trinajstić information content (AvgIpc) is 2.37. The number of piperidine rings is 1. The van der Waals surface area contributed by atoms with E-state index in [-0.39, 0.29) is 12.5 Å². The maximum absolute atomic E-state index is 12.0. The van der Waals surface area contributed by atoms with Crippen molar-refractivity contribution >= 4 is 11.9 Å². The first-order valence-corrected chi connectivity index (χ1v) is 6.68. The van der Waals surface area contributed by atoms with E-state index in [4.69, 9.17) is 10.5 Å². The molecule has 1 saturated heterocycles. The first-order valence-electron chi connectivity index (χ1n) is 6.68. The fourth-order valence-corrected chi connectivity index (χ4v) is 2.32. The van der Waals surface area contributed by atoms with Gasteiger partial charge < -0.3 is 15.4 Å². The van der Waals surface area contributed by atoms with Crippen molar-refractivity contribution in [1.29, 1.82) is 0 Å². The lowest BCUT2D eigenvalue weighted by atomic mass is 9.86. The van der Waals surface area contributed by atoms with Gasteiger partial charge in [-0.15, -0.1) is 0 Å². The van der Waals surface area contributed by atoms with Gasteiger partial charge in [0.1, 0.15) is 0 Å². The Bertz CT molecular complexity index is 297. The molecule has 0 bridgehead atoms. The van der Waals surface area contributed by atoms with E-state index in [1.54, 1.807) is 11.8 Å². The lowest BCUT2D eigenvalue weighted by molar-refractivity contribution is -0.151. The molecule has 0 aromatic rings. The summed E-state index contributed by atoms with van der Waals surface area (Å²) in [6.07, 6.45) is 1.97. The van der Waals surface area contributed by atoms with Crippen molar-refractivity contribution < 1.29 is 14.3 Å². The number of esters is 1. The second-order valence-electron chi connectivity index (χ2n) is 5.14. The molecule has 1 amide bonds. The number of hydrogen-bond acceptors (Lipinski definition) is 4. The molecule has 1 rings (SSSR count). The van der Waals surface area contributed by atoms with Crippen LogP contribution in [0.1, 0.15) is 33.6 Å². The van der Waals surface area contributed by atoms with Crippen molar-refractivity contribution in [2.45, 2.75) is 39.7 Å². The minimum Gasteiger partial charge on any atom is -0.464 e. The molecule has 5 nitrogen and oxygen atoms in total. The quantitative estimate of drug-likeness (QED) is 0.595. The van der Waals surface area contributed by atoms with Gasteiger partial charge in [-0.25, -0.2) is 4.79 Å². The Morgan fingerprint density at radius 3 is 2.33 bits per heavy atom. The van der Waals surface area contributed by atoms with Crippen LogP contribution in [0.2, 0.25) is 0 Å². The van der Waals surface area contributed by atoms with Gasteiger partial charge in [-0.2, -0.15) is 0 Å². The highest BCUT2D eigenvalue weighted by Crippen LogP contribution is 2.24. The summed E-state index contributed by atoms with van der Waals surface area (Å²) in [6.45, 7) is 7.72. The molecule has 104 valence electrons. The lowest BCUT2D eigenvalue weighted by Gasteiger charge is -2.34. The number of carbonyl (C=O) groups excluding carboxylic acids is 2. The first kappa shape index (κ1) is 15.0. The second-order valence-corrected chi connectivity index (χ2v) is 5.14. The monoisotopic (exact) mass is 256 g/mol. The highest BCUT2D eigenvalue weighted by molar-refractivity contribution is 6.01. The van der Waals surface area contributed by atoms with Crippen LogP contribution in [0.3, 0.4) is 0 Å². The van der Waals surface area contributed by atoms with Crippen molar-refractivity contribution in [3.8, 4) is 0 Å². The van der Waals surface area contributed by atoms with Crippen molar-refractivity contribution in [3.63, 3.8) is 0 Å². The van der Waals surface area contributed by atoms with Gasteiger partial charge in [0.25, 0.3) is 5.91 Å². The number of likely N-dealkylation sites (tertiary alicyclic amines) is 1. The van der Waals surface area contributed by atoms with Crippen LogP contribution in [-0.4, -0.2) is 42.5 Å². The zero-order valence-corrected chi connectivity index (χ0v) is 11.5. The smallest absolute Gasteiger partial charge is 0.332 e. The van der Waals surface area contributed by atoms with Gasteiger partial charge in [0, 0.05) is 13.1 Å². The molecular formula is C13H24N2O3. The van der Waals surface area contributed by atoms with Crippen LogP contribution >= 0.6 is 0 Å². The van der Waals surface area contributed by atoms with Crippen LogP contribution in [0, 0.1) is 11.8 Å². The van der Waals surface area contributed by atoms with Gasteiger partial charge in [0.05, 0.1) is 6.61 Å². The number of nitrogens with two attached hydrogens (primary N) is 1. The van der Waals surface area contributed by atoms with E-state index < -0.39 is 12.0 Å². The SMILES string of the molecule is CCOC(=O)C(N)C(=O)N1CCC(C(C)C)CC1. The maximum atomic E-state index is 12.0. The fourth-order valence-electron chi connectivity index (χ4n) is 2.32. The molecule has 1 atom stereocenters. The minimum absolute atomic E-state index is 0.245. The molecule has 2 N–H and O–H groups in total. The summed E-state index contributed by atoms with van der Waals surface area (Å²) < 4.78 is 4.76. The van der Waals surface area contributed by atoms with Gasteiger partial charge in [0.2, 0.25) is 0 Å². The van der Waals surface area contributed by atoms with Gasteiger partial charge in [-0.3, -0.25) is 4.79 Å². The van der Waals surface area contributed by atoms with Gasteiger partial charge in [-0.1, -0.05) is 13.8 Å².